The Morgan fingerprint density at radius 1 is 1.15 bits per heavy atom. The number of fused-ring (bicyclic) bond motifs is 1. The van der Waals surface area contributed by atoms with Crippen LogP contribution in [0.15, 0.2) is 59.8 Å². The second-order valence-electron chi connectivity index (χ2n) is 8.85. The lowest BCUT2D eigenvalue weighted by Gasteiger charge is -2.23. The van der Waals surface area contributed by atoms with E-state index in [1.165, 1.54) is 22.7 Å². The molecule has 0 atom stereocenters. The minimum atomic E-state index is -0.0849. The number of benzene rings is 1. The van der Waals surface area contributed by atoms with Gasteiger partial charge in [-0.3, -0.25) is 0 Å². The topological polar surface area (TPSA) is 30.0 Å². The highest BCUT2D eigenvalue weighted by atomic mass is 15.2. The van der Waals surface area contributed by atoms with Gasteiger partial charge in [-0.25, -0.2) is 4.58 Å². The van der Waals surface area contributed by atoms with Crippen LogP contribution < -0.4 is 4.90 Å². The number of nitrogens with zero attached hydrogens (tertiary/aromatic N) is 3. The molecule has 0 aromatic heterocycles. The predicted molar refractivity (Wildman–Crippen MR) is 115 cm³/mol. The number of anilines is 1. The molecule has 0 bridgehead atoms. The smallest absolute Gasteiger partial charge is 0.180 e. The van der Waals surface area contributed by atoms with Gasteiger partial charge in [0.05, 0.1) is 11.6 Å². The summed E-state index contributed by atoms with van der Waals surface area (Å²) < 4.78 is 2.11. The van der Waals surface area contributed by atoms with Crippen LogP contribution in [0.2, 0.25) is 0 Å². The third-order valence-corrected chi connectivity index (χ3v) is 5.16. The normalized spacial score (nSPS) is 18.0. The SMILES string of the molecule is CN1\C(=C/C=C(C#N)\C=C\C(=[N+](C)C)C(C)(C)C)C(C)(C)c2ccccc21. The Kier molecular flexibility index (Phi) is 5.80. The molecule has 2 rings (SSSR count). The molecular formula is C24H32N3+. The van der Waals surface area contributed by atoms with Crippen LogP contribution in [-0.2, 0) is 5.41 Å². The lowest BCUT2D eigenvalue weighted by molar-refractivity contribution is -0.467. The zero-order valence-corrected chi connectivity index (χ0v) is 18.0. The molecule has 1 aromatic carbocycles. The van der Waals surface area contributed by atoms with Crippen molar-refractivity contribution in [3.63, 3.8) is 0 Å². The van der Waals surface area contributed by atoms with Gasteiger partial charge >= 0.3 is 0 Å². The average Bonchev–Trinajstić information content (AvgIpc) is 2.76. The molecule has 27 heavy (non-hydrogen) atoms. The molecule has 0 saturated heterocycles. The molecule has 1 aliphatic heterocycles. The van der Waals surface area contributed by atoms with E-state index in [0.717, 1.165) is 0 Å². The summed E-state index contributed by atoms with van der Waals surface area (Å²) >= 11 is 0. The van der Waals surface area contributed by atoms with E-state index < -0.39 is 0 Å². The lowest BCUT2D eigenvalue weighted by atomic mass is 9.83. The number of para-hydroxylation sites is 1. The minimum Gasteiger partial charge on any atom is -0.347 e. The van der Waals surface area contributed by atoms with Gasteiger partial charge in [-0.05, 0) is 29.9 Å². The molecule has 1 aliphatic rings. The molecule has 3 heteroatoms. The summed E-state index contributed by atoms with van der Waals surface area (Å²) in [5, 5.41) is 9.59. The molecule has 0 aliphatic carbocycles. The number of likely N-dealkylation sites (N-methyl/N-ethyl adjacent to an activating group) is 1. The van der Waals surface area contributed by atoms with E-state index in [4.69, 9.17) is 0 Å². The van der Waals surface area contributed by atoms with Crippen molar-refractivity contribution in [3.05, 3.63) is 65.4 Å². The Balaban J connectivity index is 2.39. The van der Waals surface area contributed by atoms with Crippen molar-refractivity contribution in [3.8, 4) is 6.07 Å². The van der Waals surface area contributed by atoms with Gasteiger partial charge in [-0.15, -0.1) is 0 Å². The maximum absolute atomic E-state index is 9.59. The summed E-state index contributed by atoms with van der Waals surface area (Å²) in [6.45, 7) is 11.0. The van der Waals surface area contributed by atoms with Gasteiger partial charge in [0.1, 0.15) is 14.1 Å². The molecular weight excluding hydrogens is 330 g/mol. The van der Waals surface area contributed by atoms with Gasteiger partial charge in [0.15, 0.2) is 5.71 Å². The summed E-state index contributed by atoms with van der Waals surface area (Å²) in [7, 11) is 6.17. The first-order chi connectivity index (χ1) is 12.5. The van der Waals surface area contributed by atoms with E-state index in [-0.39, 0.29) is 10.8 Å². The molecule has 0 unspecified atom stereocenters. The van der Waals surface area contributed by atoms with Gasteiger partial charge in [-0.2, -0.15) is 5.26 Å². The highest BCUT2D eigenvalue weighted by Gasteiger charge is 2.37. The molecule has 0 spiro atoms. The van der Waals surface area contributed by atoms with Gasteiger partial charge in [0, 0.05) is 35.3 Å². The second kappa shape index (κ2) is 7.56. The molecule has 0 saturated carbocycles. The Hall–Kier alpha value is -2.60. The monoisotopic (exact) mass is 362 g/mol. The second-order valence-corrected chi connectivity index (χ2v) is 8.85. The molecule has 0 amide bonds. The standard InChI is InChI=1S/C24H32N3/c1-23(2,3)21(26(6)7)15-13-18(17-25)14-16-22-24(4,5)19-11-9-10-12-20(19)27(22)8/h9-16H,1-8H3/q+1. The van der Waals surface area contributed by atoms with Crippen molar-refractivity contribution in [2.45, 2.75) is 40.0 Å². The van der Waals surface area contributed by atoms with Crippen molar-refractivity contribution < 1.29 is 4.58 Å². The number of allylic oxidation sites excluding steroid dienone is 6. The van der Waals surface area contributed by atoms with Crippen LogP contribution in [0, 0.1) is 16.7 Å². The van der Waals surface area contributed by atoms with E-state index >= 15 is 0 Å². The van der Waals surface area contributed by atoms with Gasteiger partial charge < -0.3 is 4.90 Å². The number of hydrogen-bond acceptors (Lipinski definition) is 2. The molecule has 1 aromatic rings. The summed E-state index contributed by atoms with van der Waals surface area (Å²) in [5.74, 6) is 0. The molecule has 0 radical (unpaired) electrons. The fourth-order valence-corrected chi connectivity index (χ4v) is 3.84. The molecule has 142 valence electrons. The molecule has 0 N–H and O–H groups in total. The van der Waals surface area contributed by atoms with E-state index in [0.29, 0.717) is 5.57 Å². The molecule has 1 heterocycles. The fraction of sp³-hybridized carbons (Fsp3) is 0.417. The molecule has 0 fully saturated rings. The van der Waals surface area contributed by atoms with Crippen LogP contribution in [0.3, 0.4) is 0 Å². The van der Waals surface area contributed by atoms with Crippen molar-refractivity contribution in [1.29, 1.82) is 5.26 Å². The van der Waals surface area contributed by atoms with Crippen LogP contribution in [0.4, 0.5) is 5.69 Å². The quantitative estimate of drug-likeness (QED) is 0.325. The highest BCUT2D eigenvalue weighted by Crippen LogP contribution is 2.46. The van der Waals surface area contributed by atoms with Crippen molar-refractivity contribution in [2.24, 2.45) is 5.41 Å². The van der Waals surface area contributed by atoms with Crippen LogP contribution in [-0.4, -0.2) is 31.4 Å². The van der Waals surface area contributed by atoms with Crippen molar-refractivity contribution in [1.82, 2.24) is 0 Å². The Morgan fingerprint density at radius 2 is 1.78 bits per heavy atom. The summed E-state index contributed by atoms with van der Waals surface area (Å²) in [6, 6.07) is 10.8. The number of hydrogen-bond donors (Lipinski definition) is 0. The van der Waals surface area contributed by atoms with Gasteiger partial charge in [0.25, 0.3) is 0 Å². The zero-order valence-electron chi connectivity index (χ0n) is 18.0. The Labute approximate surface area is 164 Å². The largest absolute Gasteiger partial charge is 0.347 e. The predicted octanol–water partition coefficient (Wildman–Crippen LogP) is 5.06. The first kappa shape index (κ1) is 20.7. The third kappa shape index (κ3) is 4.22. The number of rotatable bonds is 3. The van der Waals surface area contributed by atoms with Gasteiger partial charge in [0.2, 0.25) is 0 Å². The van der Waals surface area contributed by atoms with E-state index in [1.807, 2.05) is 32.3 Å². The molecule has 3 nitrogen and oxygen atoms in total. The van der Waals surface area contributed by atoms with E-state index in [1.54, 1.807) is 0 Å². The Morgan fingerprint density at radius 3 is 2.30 bits per heavy atom. The van der Waals surface area contributed by atoms with Crippen LogP contribution in [0.5, 0.6) is 0 Å². The van der Waals surface area contributed by atoms with Crippen molar-refractivity contribution >= 4 is 11.4 Å². The summed E-state index contributed by atoms with van der Waals surface area (Å²) in [4.78, 5) is 2.22. The first-order valence-corrected chi connectivity index (χ1v) is 9.38. The lowest BCUT2D eigenvalue weighted by Crippen LogP contribution is -2.26. The fourth-order valence-electron chi connectivity index (χ4n) is 3.84. The van der Waals surface area contributed by atoms with Crippen LogP contribution in [0.25, 0.3) is 0 Å². The number of nitriles is 1. The minimum absolute atomic E-state index is 0.0222. The zero-order chi connectivity index (χ0) is 20.4. The van der Waals surface area contributed by atoms with Gasteiger partial charge in [-0.1, -0.05) is 52.8 Å². The summed E-state index contributed by atoms with van der Waals surface area (Å²) in [5.41, 5.74) is 5.50. The first-order valence-electron chi connectivity index (χ1n) is 9.38. The highest BCUT2D eigenvalue weighted by molar-refractivity contribution is 5.95. The Bertz CT molecular complexity index is 877. The van der Waals surface area contributed by atoms with E-state index in [9.17, 15) is 5.26 Å². The third-order valence-electron chi connectivity index (χ3n) is 5.16. The van der Waals surface area contributed by atoms with Crippen LogP contribution >= 0.6 is 0 Å². The van der Waals surface area contributed by atoms with E-state index in [2.05, 4.69) is 87.6 Å². The summed E-state index contributed by atoms with van der Waals surface area (Å²) in [6.07, 6.45) is 7.96. The van der Waals surface area contributed by atoms with Crippen LogP contribution in [0.1, 0.15) is 40.2 Å². The maximum atomic E-state index is 9.59. The van der Waals surface area contributed by atoms with Crippen molar-refractivity contribution in [2.75, 3.05) is 26.0 Å². The maximum Gasteiger partial charge on any atom is 0.180 e. The average molecular weight is 363 g/mol.